The first-order chi connectivity index (χ1) is 13.7. The second-order valence-electron chi connectivity index (χ2n) is 6.33. The first kappa shape index (κ1) is 18.3. The van der Waals surface area contributed by atoms with Crippen LogP contribution >= 0.6 is 11.8 Å². The molecule has 0 unspecified atom stereocenters. The number of piperazine rings is 1. The second-order valence-corrected chi connectivity index (χ2v) is 7.40. The highest BCUT2D eigenvalue weighted by Gasteiger charge is 2.27. The molecule has 1 aliphatic rings. The summed E-state index contributed by atoms with van der Waals surface area (Å²) in [6, 6.07) is 16.8. The van der Waals surface area contributed by atoms with Gasteiger partial charge in [0.05, 0.1) is 11.8 Å². The molecule has 0 aliphatic carbocycles. The quantitative estimate of drug-likeness (QED) is 0.679. The van der Waals surface area contributed by atoms with Crippen LogP contribution in [0.25, 0.3) is 0 Å². The molecule has 3 heterocycles. The first-order valence-electron chi connectivity index (χ1n) is 9.02. The molecule has 1 aromatic carbocycles. The van der Waals surface area contributed by atoms with Gasteiger partial charge in [-0.1, -0.05) is 30.0 Å². The van der Waals surface area contributed by atoms with Crippen LogP contribution in [0, 0.1) is 0 Å². The number of rotatable bonds is 4. The van der Waals surface area contributed by atoms with E-state index in [1.54, 1.807) is 40.3 Å². The highest BCUT2D eigenvalue weighted by Crippen LogP contribution is 2.29. The normalized spacial score (nSPS) is 14.1. The summed E-state index contributed by atoms with van der Waals surface area (Å²) in [5.74, 6) is 0.129. The van der Waals surface area contributed by atoms with E-state index >= 15 is 0 Å². The van der Waals surface area contributed by atoms with Crippen molar-refractivity contribution in [2.45, 2.75) is 9.92 Å². The van der Waals surface area contributed by atoms with Crippen molar-refractivity contribution in [1.82, 2.24) is 14.8 Å². The Hall–Kier alpha value is -3.06. The molecule has 142 valence electrons. The van der Waals surface area contributed by atoms with E-state index in [1.165, 1.54) is 18.0 Å². The average molecular weight is 393 g/mol. The highest BCUT2D eigenvalue weighted by atomic mass is 32.2. The molecule has 1 aliphatic heterocycles. The third-order valence-corrected chi connectivity index (χ3v) is 5.57. The second kappa shape index (κ2) is 8.31. The molecule has 28 heavy (non-hydrogen) atoms. The van der Waals surface area contributed by atoms with Gasteiger partial charge in [0.2, 0.25) is 0 Å². The van der Waals surface area contributed by atoms with Gasteiger partial charge in [-0.3, -0.25) is 9.59 Å². The molecule has 2 amide bonds. The Morgan fingerprint density at radius 2 is 1.57 bits per heavy atom. The number of furan rings is 1. The minimum atomic E-state index is -0.140. The molecule has 6 nitrogen and oxygen atoms in total. The molecule has 0 saturated carbocycles. The van der Waals surface area contributed by atoms with Gasteiger partial charge in [0.25, 0.3) is 11.8 Å². The monoisotopic (exact) mass is 393 g/mol. The summed E-state index contributed by atoms with van der Waals surface area (Å²) >= 11 is 1.47. The number of amides is 2. The standard InChI is InChI=1S/C21H19N3O3S/c25-20(17-8-4-10-22-19(17)28-16-6-2-1-3-7-16)23-11-13-24(14-12-23)21(26)18-9-5-15-27-18/h1-10,15H,11-14H2. The summed E-state index contributed by atoms with van der Waals surface area (Å²) in [7, 11) is 0. The highest BCUT2D eigenvalue weighted by molar-refractivity contribution is 7.99. The van der Waals surface area contributed by atoms with Crippen LogP contribution in [0.4, 0.5) is 0 Å². The maximum Gasteiger partial charge on any atom is 0.289 e. The van der Waals surface area contributed by atoms with Gasteiger partial charge in [-0.05, 0) is 36.4 Å². The van der Waals surface area contributed by atoms with Gasteiger partial charge in [-0.2, -0.15) is 0 Å². The lowest BCUT2D eigenvalue weighted by atomic mass is 10.2. The largest absolute Gasteiger partial charge is 0.459 e. The molecule has 1 fully saturated rings. The van der Waals surface area contributed by atoms with Crippen LogP contribution in [0.1, 0.15) is 20.9 Å². The van der Waals surface area contributed by atoms with E-state index in [4.69, 9.17) is 4.42 Å². The third-order valence-electron chi connectivity index (χ3n) is 4.55. The van der Waals surface area contributed by atoms with Crippen LogP contribution in [-0.2, 0) is 0 Å². The summed E-state index contributed by atoms with van der Waals surface area (Å²) in [6.07, 6.45) is 3.18. The minimum Gasteiger partial charge on any atom is -0.459 e. The zero-order valence-corrected chi connectivity index (χ0v) is 16.0. The van der Waals surface area contributed by atoms with Gasteiger partial charge in [0.15, 0.2) is 5.76 Å². The zero-order chi connectivity index (χ0) is 19.3. The van der Waals surface area contributed by atoms with Crippen molar-refractivity contribution in [3.63, 3.8) is 0 Å². The van der Waals surface area contributed by atoms with Crippen molar-refractivity contribution in [3.05, 3.63) is 78.4 Å². The molecule has 0 N–H and O–H groups in total. The van der Waals surface area contributed by atoms with E-state index in [-0.39, 0.29) is 11.8 Å². The van der Waals surface area contributed by atoms with E-state index < -0.39 is 0 Å². The maximum atomic E-state index is 13.1. The van der Waals surface area contributed by atoms with Crippen molar-refractivity contribution in [2.24, 2.45) is 0 Å². The van der Waals surface area contributed by atoms with Gasteiger partial charge in [0.1, 0.15) is 5.03 Å². The summed E-state index contributed by atoms with van der Waals surface area (Å²) in [5.41, 5.74) is 0.585. The van der Waals surface area contributed by atoms with Gasteiger partial charge < -0.3 is 14.2 Å². The summed E-state index contributed by atoms with van der Waals surface area (Å²) in [6.45, 7) is 1.92. The Balaban J connectivity index is 1.44. The fourth-order valence-electron chi connectivity index (χ4n) is 3.07. The number of aromatic nitrogens is 1. The van der Waals surface area contributed by atoms with Crippen molar-refractivity contribution in [3.8, 4) is 0 Å². The van der Waals surface area contributed by atoms with Crippen LogP contribution in [0.5, 0.6) is 0 Å². The lowest BCUT2D eigenvalue weighted by Gasteiger charge is -2.34. The number of nitrogens with zero attached hydrogens (tertiary/aromatic N) is 3. The molecular formula is C21H19N3O3S. The number of carbonyl (C=O) groups excluding carboxylic acids is 2. The zero-order valence-electron chi connectivity index (χ0n) is 15.2. The molecular weight excluding hydrogens is 374 g/mol. The Bertz CT molecular complexity index is 952. The molecule has 2 aromatic heterocycles. The van der Waals surface area contributed by atoms with Gasteiger partial charge >= 0.3 is 0 Å². The molecule has 0 atom stereocenters. The Morgan fingerprint density at radius 3 is 2.25 bits per heavy atom. The Labute approximate surface area is 167 Å². The minimum absolute atomic E-state index is 0.0587. The summed E-state index contributed by atoms with van der Waals surface area (Å²) in [4.78, 5) is 34.4. The molecule has 3 aromatic rings. The smallest absolute Gasteiger partial charge is 0.289 e. The van der Waals surface area contributed by atoms with Gasteiger partial charge in [0, 0.05) is 37.3 Å². The summed E-state index contributed by atoms with van der Waals surface area (Å²) in [5, 5.41) is 0.688. The predicted octanol–water partition coefficient (Wildman–Crippen LogP) is 3.42. The van der Waals surface area contributed by atoms with Crippen molar-refractivity contribution >= 4 is 23.6 Å². The van der Waals surface area contributed by atoms with Crippen LogP contribution in [0.2, 0.25) is 0 Å². The summed E-state index contributed by atoms with van der Waals surface area (Å²) < 4.78 is 5.18. The fourth-order valence-corrected chi connectivity index (χ4v) is 3.97. The topological polar surface area (TPSA) is 66.7 Å². The number of carbonyl (C=O) groups is 2. The predicted molar refractivity (Wildman–Crippen MR) is 105 cm³/mol. The van der Waals surface area contributed by atoms with E-state index in [9.17, 15) is 9.59 Å². The number of benzene rings is 1. The number of hydrogen-bond donors (Lipinski definition) is 0. The third kappa shape index (κ3) is 3.94. The van der Waals surface area contributed by atoms with Gasteiger partial charge in [-0.25, -0.2) is 4.98 Å². The number of pyridine rings is 1. The van der Waals surface area contributed by atoms with E-state index in [2.05, 4.69) is 4.98 Å². The lowest BCUT2D eigenvalue weighted by Crippen LogP contribution is -2.50. The van der Waals surface area contributed by atoms with Crippen LogP contribution in [0.3, 0.4) is 0 Å². The molecule has 0 bridgehead atoms. The average Bonchev–Trinajstić information content (AvgIpc) is 3.29. The SMILES string of the molecule is O=C(c1ccco1)N1CCN(C(=O)c2cccnc2Sc2ccccc2)CC1. The fraction of sp³-hybridized carbons (Fsp3) is 0.190. The Morgan fingerprint density at radius 1 is 0.857 bits per heavy atom. The van der Waals surface area contributed by atoms with Crippen molar-refractivity contribution < 1.29 is 14.0 Å². The van der Waals surface area contributed by atoms with Crippen LogP contribution in [-0.4, -0.2) is 52.8 Å². The lowest BCUT2D eigenvalue weighted by molar-refractivity contribution is 0.0516. The van der Waals surface area contributed by atoms with E-state index in [0.717, 1.165) is 4.90 Å². The molecule has 4 rings (SSSR count). The van der Waals surface area contributed by atoms with Crippen molar-refractivity contribution in [2.75, 3.05) is 26.2 Å². The molecule has 0 spiro atoms. The van der Waals surface area contributed by atoms with E-state index in [0.29, 0.717) is 42.5 Å². The molecule has 7 heteroatoms. The van der Waals surface area contributed by atoms with Crippen LogP contribution < -0.4 is 0 Å². The van der Waals surface area contributed by atoms with Crippen molar-refractivity contribution in [1.29, 1.82) is 0 Å². The molecule has 0 radical (unpaired) electrons. The number of hydrogen-bond acceptors (Lipinski definition) is 5. The maximum absolute atomic E-state index is 13.1. The van der Waals surface area contributed by atoms with E-state index in [1.807, 2.05) is 30.3 Å². The van der Waals surface area contributed by atoms with Gasteiger partial charge in [-0.15, -0.1) is 0 Å². The Kier molecular flexibility index (Phi) is 5.43. The van der Waals surface area contributed by atoms with Crippen LogP contribution in [0.15, 0.2) is 81.4 Å². The first-order valence-corrected chi connectivity index (χ1v) is 9.84. The molecule has 1 saturated heterocycles.